The topological polar surface area (TPSA) is 49.4 Å². The van der Waals surface area contributed by atoms with Gasteiger partial charge in [-0.3, -0.25) is 9.59 Å². The number of benzene rings is 3. The lowest BCUT2D eigenvalue weighted by molar-refractivity contribution is -0.122. The standard InChI is InChI=1S/C22H19ClN2O2/c1-14-18(23)9-5-10-19(14)24-22(27)16-12-21(26)25(13-16)20-11-4-7-15-6-2-3-8-17(15)20/h2-11,16H,12-13H2,1H3,(H,24,27)/t16-/m0/s1. The molecule has 1 aliphatic rings. The molecule has 27 heavy (non-hydrogen) atoms. The molecule has 1 N–H and O–H groups in total. The summed E-state index contributed by atoms with van der Waals surface area (Å²) in [6, 6.07) is 19.2. The van der Waals surface area contributed by atoms with Crippen LogP contribution in [0.15, 0.2) is 60.7 Å². The molecule has 1 heterocycles. The summed E-state index contributed by atoms with van der Waals surface area (Å²) >= 11 is 6.13. The van der Waals surface area contributed by atoms with Crippen molar-refractivity contribution in [3.8, 4) is 0 Å². The summed E-state index contributed by atoms with van der Waals surface area (Å²) < 4.78 is 0. The van der Waals surface area contributed by atoms with E-state index in [4.69, 9.17) is 11.6 Å². The van der Waals surface area contributed by atoms with Gasteiger partial charge in [-0.1, -0.05) is 54.1 Å². The first-order chi connectivity index (χ1) is 13.0. The molecule has 0 radical (unpaired) electrons. The van der Waals surface area contributed by atoms with Gasteiger partial charge in [-0.05, 0) is 36.1 Å². The van der Waals surface area contributed by atoms with Gasteiger partial charge >= 0.3 is 0 Å². The van der Waals surface area contributed by atoms with Crippen molar-refractivity contribution in [2.75, 3.05) is 16.8 Å². The van der Waals surface area contributed by atoms with Gasteiger partial charge in [-0.25, -0.2) is 0 Å². The highest BCUT2D eigenvalue weighted by Crippen LogP contribution is 2.32. The highest BCUT2D eigenvalue weighted by Gasteiger charge is 2.35. The van der Waals surface area contributed by atoms with Gasteiger partial charge in [-0.2, -0.15) is 0 Å². The molecule has 0 aromatic heterocycles. The van der Waals surface area contributed by atoms with Crippen LogP contribution in [0.1, 0.15) is 12.0 Å². The Morgan fingerprint density at radius 3 is 2.67 bits per heavy atom. The molecule has 0 bridgehead atoms. The number of hydrogen-bond acceptors (Lipinski definition) is 2. The maximum atomic E-state index is 12.7. The summed E-state index contributed by atoms with van der Waals surface area (Å²) in [5.74, 6) is -0.583. The predicted octanol–water partition coefficient (Wildman–Crippen LogP) is 4.79. The summed E-state index contributed by atoms with van der Waals surface area (Å²) in [5.41, 5.74) is 2.36. The third-order valence-electron chi connectivity index (χ3n) is 5.08. The zero-order valence-electron chi connectivity index (χ0n) is 14.9. The molecule has 0 spiro atoms. The fraction of sp³-hybridized carbons (Fsp3) is 0.182. The van der Waals surface area contributed by atoms with E-state index in [0.29, 0.717) is 17.3 Å². The Morgan fingerprint density at radius 1 is 1.07 bits per heavy atom. The molecule has 0 unspecified atom stereocenters. The Morgan fingerprint density at radius 2 is 1.81 bits per heavy atom. The minimum atomic E-state index is -0.394. The van der Waals surface area contributed by atoms with E-state index in [0.717, 1.165) is 22.0 Å². The number of halogens is 1. The fourth-order valence-corrected chi connectivity index (χ4v) is 3.71. The number of anilines is 2. The summed E-state index contributed by atoms with van der Waals surface area (Å²) in [4.78, 5) is 27.1. The normalized spacial score (nSPS) is 16.7. The molecule has 2 amide bonds. The van der Waals surface area contributed by atoms with E-state index in [1.807, 2.05) is 55.5 Å². The molecule has 4 nitrogen and oxygen atoms in total. The lowest BCUT2D eigenvalue weighted by Gasteiger charge is -2.19. The van der Waals surface area contributed by atoms with Crippen LogP contribution in [0, 0.1) is 12.8 Å². The van der Waals surface area contributed by atoms with Gasteiger partial charge in [0.1, 0.15) is 0 Å². The largest absolute Gasteiger partial charge is 0.325 e. The smallest absolute Gasteiger partial charge is 0.229 e. The lowest BCUT2D eigenvalue weighted by atomic mass is 10.1. The minimum Gasteiger partial charge on any atom is -0.325 e. The van der Waals surface area contributed by atoms with Gasteiger partial charge < -0.3 is 10.2 Å². The number of hydrogen-bond donors (Lipinski definition) is 1. The van der Waals surface area contributed by atoms with Crippen LogP contribution in [0.4, 0.5) is 11.4 Å². The van der Waals surface area contributed by atoms with E-state index in [1.165, 1.54) is 0 Å². The van der Waals surface area contributed by atoms with Crippen LogP contribution in [0.3, 0.4) is 0 Å². The maximum absolute atomic E-state index is 12.7. The highest BCUT2D eigenvalue weighted by atomic mass is 35.5. The summed E-state index contributed by atoms with van der Waals surface area (Å²) in [6.07, 6.45) is 0.203. The van der Waals surface area contributed by atoms with Crippen molar-refractivity contribution in [1.29, 1.82) is 0 Å². The quantitative estimate of drug-likeness (QED) is 0.712. The fourth-order valence-electron chi connectivity index (χ4n) is 3.54. The number of nitrogens with one attached hydrogen (secondary N) is 1. The van der Waals surface area contributed by atoms with Crippen LogP contribution in [0.2, 0.25) is 5.02 Å². The van der Waals surface area contributed by atoms with E-state index < -0.39 is 5.92 Å². The summed E-state index contributed by atoms with van der Waals surface area (Å²) in [7, 11) is 0. The van der Waals surface area contributed by atoms with Crippen molar-refractivity contribution < 1.29 is 9.59 Å². The molecule has 1 aliphatic heterocycles. The maximum Gasteiger partial charge on any atom is 0.229 e. The number of amides is 2. The molecule has 5 heteroatoms. The van der Waals surface area contributed by atoms with E-state index >= 15 is 0 Å². The third-order valence-corrected chi connectivity index (χ3v) is 5.49. The van der Waals surface area contributed by atoms with Gasteiger partial charge in [0, 0.05) is 29.1 Å². The third kappa shape index (κ3) is 3.28. The highest BCUT2D eigenvalue weighted by molar-refractivity contribution is 6.31. The molecule has 3 aromatic rings. The van der Waals surface area contributed by atoms with Crippen molar-refractivity contribution in [2.45, 2.75) is 13.3 Å². The van der Waals surface area contributed by atoms with Gasteiger partial charge in [0.2, 0.25) is 11.8 Å². The zero-order chi connectivity index (χ0) is 19.0. The van der Waals surface area contributed by atoms with E-state index in [-0.39, 0.29) is 18.2 Å². The van der Waals surface area contributed by atoms with Crippen LogP contribution in [-0.4, -0.2) is 18.4 Å². The first-order valence-corrected chi connectivity index (χ1v) is 9.26. The number of carbonyl (C=O) groups excluding carboxylic acids is 2. The number of nitrogens with zero attached hydrogens (tertiary/aromatic N) is 1. The number of rotatable bonds is 3. The van der Waals surface area contributed by atoms with Crippen LogP contribution in [0.25, 0.3) is 10.8 Å². The molecule has 136 valence electrons. The Kier molecular flexibility index (Phi) is 4.58. The van der Waals surface area contributed by atoms with Crippen LogP contribution in [-0.2, 0) is 9.59 Å². The zero-order valence-corrected chi connectivity index (χ0v) is 15.7. The first-order valence-electron chi connectivity index (χ1n) is 8.88. The minimum absolute atomic E-state index is 0.0330. The second-order valence-electron chi connectivity index (χ2n) is 6.81. The SMILES string of the molecule is Cc1c(Cl)cccc1NC(=O)[C@H]1CC(=O)N(c2cccc3ccccc23)C1. The molecule has 1 saturated heterocycles. The lowest BCUT2D eigenvalue weighted by Crippen LogP contribution is -2.28. The van der Waals surface area contributed by atoms with E-state index in [2.05, 4.69) is 5.32 Å². The monoisotopic (exact) mass is 378 g/mol. The molecule has 1 atom stereocenters. The summed E-state index contributed by atoms with van der Waals surface area (Å²) in [6.45, 7) is 2.23. The van der Waals surface area contributed by atoms with Crippen molar-refractivity contribution in [3.63, 3.8) is 0 Å². The molecule has 0 aliphatic carbocycles. The second kappa shape index (κ2) is 7.05. The molecule has 3 aromatic carbocycles. The van der Waals surface area contributed by atoms with Crippen molar-refractivity contribution >= 4 is 45.6 Å². The predicted molar refractivity (Wildman–Crippen MR) is 109 cm³/mol. The molecular weight excluding hydrogens is 360 g/mol. The van der Waals surface area contributed by atoms with Crippen LogP contribution < -0.4 is 10.2 Å². The van der Waals surface area contributed by atoms with Crippen molar-refractivity contribution in [1.82, 2.24) is 0 Å². The van der Waals surface area contributed by atoms with Gasteiger partial charge in [0.05, 0.1) is 11.6 Å². The van der Waals surface area contributed by atoms with Gasteiger partial charge in [0.15, 0.2) is 0 Å². The molecule has 1 fully saturated rings. The van der Waals surface area contributed by atoms with Crippen LogP contribution in [0.5, 0.6) is 0 Å². The molecule has 0 saturated carbocycles. The second-order valence-corrected chi connectivity index (χ2v) is 7.21. The van der Waals surface area contributed by atoms with E-state index in [9.17, 15) is 9.59 Å². The van der Waals surface area contributed by atoms with Crippen LogP contribution >= 0.6 is 11.6 Å². The number of fused-ring (bicyclic) bond motifs is 1. The summed E-state index contributed by atoms with van der Waals surface area (Å²) in [5, 5.41) is 5.61. The van der Waals surface area contributed by atoms with Crippen molar-refractivity contribution in [2.24, 2.45) is 5.92 Å². The molecular formula is C22H19ClN2O2. The Balaban J connectivity index is 1.57. The Bertz CT molecular complexity index is 1040. The van der Waals surface area contributed by atoms with Gasteiger partial charge in [0.25, 0.3) is 0 Å². The van der Waals surface area contributed by atoms with E-state index in [1.54, 1.807) is 17.0 Å². The average Bonchev–Trinajstić information content (AvgIpc) is 3.06. The van der Waals surface area contributed by atoms with Gasteiger partial charge in [-0.15, -0.1) is 0 Å². The Hall–Kier alpha value is -2.85. The first kappa shape index (κ1) is 17.6. The van der Waals surface area contributed by atoms with Crippen molar-refractivity contribution in [3.05, 3.63) is 71.2 Å². The molecule has 4 rings (SSSR count). The average molecular weight is 379 g/mol. The number of carbonyl (C=O) groups is 2. The Labute approximate surface area is 162 Å².